The van der Waals surface area contributed by atoms with Crippen LogP contribution in [-0.4, -0.2) is 38.5 Å². The molecule has 0 amide bonds. The van der Waals surface area contributed by atoms with Gasteiger partial charge in [0, 0.05) is 30.6 Å². The Morgan fingerprint density at radius 3 is 2.26 bits per heavy atom. The summed E-state index contributed by atoms with van der Waals surface area (Å²) in [6.45, 7) is 8.04. The van der Waals surface area contributed by atoms with Crippen LogP contribution in [-0.2, 0) is 5.60 Å². The minimum absolute atomic E-state index is 0.101. The Labute approximate surface area is 183 Å². The number of nitrogens with one attached hydrogen (secondary N) is 1. The van der Waals surface area contributed by atoms with E-state index in [1.54, 1.807) is 20.8 Å². The summed E-state index contributed by atoms with van der Waals surface area (Å²) in [5.74, 6) is 0.107. The van der Waals surface area contributed by atoms with Crippen molar-refractivity contribution in [2.45, 2.75) is 40.2 Å². The van der Waals surface area contributed by atoms with Crippen molar-refractivity contribution in [2.24, 2.45) is 5.92 Å². The molecule has 2 N–H and O–H groups in total. The molecule has 0 fully saturated rings. The molecule has 0 atom stereocenters. The van der Waals surface area contributed by atoms with Crippen molar-refractivity contribution >= 4 is 28.3 Å². The molecule has 31 heavy (non-hydrogen) atoms. The van der Waals surface area contributed by atoms with Crippen LogP contribution in [0, 0.1) is 18.7 Å². The predicted octanol–water partition coefficient (Wildman–Crippen LogP) is 5.37. The van der Waals surface area contributed by atoms with E-state index in [9.17, 15) is 18.3 Å². The Bertz CT molecular complexity index is 1040. The normalized spacial score (nSPS) is 11.5. The van der Waals surface area contributed by atoms with Gasteiger partial charge < -0.3 is 10.4 Å². The van der Waals surface area contributed by atoms with Crippen LogP contribution in [0.25, 0.3) is 22.3 Å². The molecule has 0 aliphatic rings. The first kappa shape index (κ1) is 24.7. The number of fused-ring (bicyclic) bond motifs is 1. The lowest BCUT2D eigenvalue weighted by Crippen LogP contribution is -2.19. The molecule has 6 nitrogen and oxygen atoms in total. The Hall–Kier alpha value is -2.52. The lowest BCUT2D eigenvalue weighted by Gasteiger charge is -2.16. The van der Waals surface area contributed by atoms with Gasteiger partial charge >= 0.3 is 0 Å². The first-order chi connectivity index (χ1) is 14.5. The number of halogens is 4. The second-order valence-corrected chi connectivity index (χ2v) is 8.18. The summed E-state index contributed by atoms with van der Waals surface area (Å²) in [5.41, 5.74) is 1.46. The second kappa shape index (κ2) is 10.2. The number of aliphatic hydroxyl groups is 1. The van der Waals surface area contributed by atoms with Crippen LogP contribution < -0.4 is 5.32 Å². The van der Waals surface area contributed by atoms with E-state index < -0.39 is 18.3 Å². The average molecular weight is 456 g/mol. The van der Waals surface area contributed by atoms with Gasteiger partial charge in [-0.15, -0.1) is 0 Å². The van der Waals surface area contributed by atoms with Crippen LogP contribution >= 0.6 is 11.6 Å². The van der Waals surface area contributed by atoms with Crippen molar-refractivity contribution in [1.82, 2.24) is 19.9 Å². The van der Waals surface area contributed by atoms with Gasteiger partial charge in [-0.1, -0.05) is 25.4 Å². The smallest absolute Gasteiger partial charge is 0.229 e. The van der Waals surface area contributed by atoms with Gasteiger partial charge in [-0.3, -0.25) is 0 Å². The highest BCUT2D eigenvalue weighted by Gasteiger charge is 2.21. The van der Waals surface area contributed by atoms with Gasteiger partial charge in [0.15, 0.2) is 11.6 Å². The highest BCUT2D eigenvalue weighted by Crippen LogP contribution is 2.34. The van der Waals surface area contributed by atoms with Crippen LogP contribution in [0.1, 0.15) is 39.2 Å². The molecule has 0 saturated carbocycles. The van der Waals surface area contributed by atoms with Crippen LogP contribution in [0.15, 0.2) is 18.5 Å². The van der Waals surface area contributed by atoms with E-state index in [0.717, 1.165) is 0 Å². The van der Waals surface area contributed by atoms with Gasteiger partial charge in [0.05, 0.1) is 21.9 Å². The zero-order valence-electron chi connectivity index (χ0n) is 18.0. The van der Waals surface area contributed by atoms with Gasteiger partial charge in [0.1, 0.15) is 16.8 Å². The molecule has 0 aliphatic heterocycles. The molecule has 0 aromatic carbocycles. The zero-order chi connectivity index (χ0) is 23.3. The molecule has 10 heteroatoms. The fourth-order valence-corrected chi connectivity index (χ4v) is 2.90. The number of hydrogen-bond donors (Lipinski definition) is 2. The van der Waals surface area contributed by atoms with Gasteiger partial charge in [0.2, 0.25) is 6.93 Å². The monoisotopic (exact) mass is 455 g/mol. The lowest BCUT2D eigenvalue weighted by atomic mass is 10.1. The van der Waals surface area contributed by atoms with E-state index in [2.05, 4.69) is 39.1 Å². The zero-order valence-corrected chi connectivity index (χ0v) is 18.7. The standard InChI is InChI=1S/C20H23ClFN5O.CH2F2/c1-10(2)7-23-18-15(21)11(3)26-14-6-13(22)16(27-17(14)18)12-8-24-19(25-9-12)20(4,5)28;2-1-3/h6,8-10,28H,7H2,1-5H3,(H,23,26);1H2. The molecule has 3 aromatic rings. The summed E-state index contributed by atoms with van der Waals surface area (Å²) >= 11 is 6.45. The molecular weight excluding hydrogens is 431 g/mol. The maximum Gasteiger partial charge on any atom is 0.229 e. The molecule has 0 aliphatic carbocycles. The quantitative estimate of drug-likeness (QED) is 0.538. The SMILES string of the molecule is Cc1nc2cc(F)c(-c3cnc(C(C)(C)O)nc3)nc2c(NCC(C)C)c1Cl.FCF. The van der Waals surface area contributed by atoms with Crippen LogP contribution in [0.2, 0.25) is 5.02 Å². The Kier molecular flexibility index (Phi) is 8.14. The van der Waals surface area contributed by atoms with Crippen molar-refractivity contribution in [1.29, 1.82) is 0 Å². The molecule has 3 rings (SSSR count). The van der Waals surface area contributed by atoms with Crippen molar-refractivity contribution in [3.05, 3.63) is 40.8 Å². The number of rotatable bonds is 5. The van der Waals surface area contributed by atoms with E-state index in [1.165, 1.54) is 18.5 Å². The fraction of sp³-hybridized carbons (Fsp3) is 0.429. The number of alkyl halides is 2. The minimum Gasteiger partial charge on any atom is -0.382 e. The molecule has 0 spiro atoms. The van der Waals surface area contributed by atoms with Crippen molar-refractivity contribution in [3.8, 4) is 11.3 Å². The number of aryl methyl sites for hydroxylation is 1. The first-order valence-electron chi connectivity index (χ1n) is 9.57. The lowest BCUT2D eigenvalue weighted by molar-refractivity contribution is 0.0687. The third kappa shape index (κ3) is 6.01. The second-order valence-electron chi connectivity index (χ2n) is 7.80. The van der Waals surface area contributed by atoms with E-state index >= 15 is 0 Å². The summed E-state index contributed by atoms with van der Waals surface area (Å²) < 4.78 is 34.0. The third-order valence-electron chi connectivity index (χ3n) is 4.18. The van der Waals surface area contributed by atoms with Crippen LogP contribution in [0.5, 0.6) is 0 Å². The molecule has 3 heterocycles. The van der Waals surface area contributed by atoms with Gasteiger partial charge in [0.25, 0.3) is 0 Å². The molecule has 0 bridgehead atoms. The average Bonchev–Trinajstić information content (AvgIpc) is 2.68. The fourth-order valence-electron chi connectivity index (χ4n) is 2.70. The number of aromatic nitrogens is 4. The van der Waals surface area contributed by atoms with Crippen molar-refractivity contribution < 1.29 is 18.3 Å². The molecule has 168 valence electrons. The Morgan fingerprint density at radius 1 is 1.16 bits per heavy atom. The largest absolute Gasteiger partial charge is 0.382 e. The van der Waals surface area contributed by atoms with E-state index in [-0.39, 0.29) is 11.5 Å². The first-order valence-corrected chi connectivity index (χ1v) is 9.94. The number of hydrogen-bond acceptors (Lipinski definition) is 6. The van der Waals surface area contributed by atoms with Gasteiger partial charge in [-0.2, -0.15) is 0 Å². The summed E-state index contributed by atoms with van der Waals surface area (Å²) in [7, 11) is 0. The highest BCUT2D eigenvalue weighted by atomic mass is 35.5. The maximum atomic E-state index is 14.8. The van der Waals surface area contributed by atoms with E-state index in [4.69, 9.17) is 11.6 Å². The highest BCUT2D eigenvalue weighted by molar-refractivity contribution is 6.35. The summed E-state index contributed by atoms with van der Waals surface area (Å²) in [6.07, 6.45) is 2.89. The number of nitrogens with zero attached hydrogens (tertiary/aromatic N) is 4. The van der Waals surface area contributed by atoms with Crippen LogP contribution in [0.4, 0.5) is 18.9 Å². The molecule has 0 saturated heterocycles. The maximum absolute atomic E-state index is 14.8. The van der Waals surface area contributed by atoms with Crippen molar-refractivity contribution in [3.63, 3.8) is 0 Å². The van der Waals surface area contributed by atoms with Gasteiger partial charge in [-0.05, 0) is 26.7 Å². The van der Waals surface area contributed by atoms with Gasteiger partial charge in [-0.25, -0.2) is 33.1 Å². The minimum atomic E-state index is -1.75. The summed E-state index contributed by atoms with van der Waals surface area (Å²) in [4.78, 5) is 17.1. The van der Waals surface area contributed by atoms with Crippen LogP contribution in [0.3, 0.4) is 0 Å². The molecular formula is C21H25ClF3N5O. The number of anilines is 1. The topological polar surface area (TPSA) is 83.8 Å². The third-order valence-corrected chi connectivity index (χ3v) is 4.64. The molecule has 0 unspecified atom stereocenters. The predicted molar refractivity (Wildman–Crippen MR) is 116 cm³/mol. The molecule has 0 radical (unpaired) electrons. The Morgan fingerprint density at radius 2 is 1.74 bits per heavy atom. The summed E-state index contributed by atoms with van der Waals surface area (Å²) in [5, 5.41) is 13.8. The van der Waals surface area contributed by atoms with E-state index in [1.807, 2.05) is 0 Å². The molecule has 3 aromatic heterocycles. The number of pyridine rings is 2. The Balaban J connectivity index is 0.00000107. The van der Waals surface area contributed by atoms with E-state index in [0.29, 0.717) is 45.5 Å². The van der Waals surface area contributed by atoms with Crippen molar-refractivity contribution in [2.75, 3.05) is 18.8 Å². The summed E-state index contributed by atoms with van der Waals surface area (Å²) in [6, 6.07) is 1.34.